The maximum atomic E-state index is 12.6. The molecular weight excluding hydrogens is 354 g/mol. The number of aryl methyl sites for hydroxylation is 1. The number of carbonyl (C=O) groups is 2. The number of benzene rings is 1. The van der Waals surface area contributed by atoms with Crippen molar-refractivity contribution in [2.45, 2.75) is 44.6 Å². The highest BCUT2D eigenvalue weighted by molar-refractivity contribution is 5.91. The third-order valence-electron chi connectivity index (χ3n) is 4.97. The molecule has 0 saturated carbocycles. The molecule has 3 rings (SSSR count). The summed E-state index contributed by atoms with van der Waals surface area (Å²) >= 11 is 0. The first kappa shape index (κ1) is 19.9. The average molecular weight is 381 g/mol. The third kappa shape index (κ3) is 5.81. The van der Waals surface area contributed by atoms with Crippen LogP contribution in [0.3, 0.4) is 0 Å². The standard InChI is InChI=1S/C22H27N3O3/c23-22(27)20-15-18(12-13-24-20)28-19-10-6-14-25(16-19)21(26)11-5-4-9-17-7-2-1-3-8-17/h1-3,7-8,12-13,15,19H,4-6,9-11,14,16H2,(H2,23,27). The van der Waals surface area contributed by atoms with Gasteiger partial charge in [-0.1, -0.05) is 30.3 Å². The van der Waals surface area contributed by atoms with Crippen molar-refractivity contribution in [3.8, 4) is 5.75 Å². The molecule has 1 aliphatic heterocycles. The van der Waals surface area contributed by atoms with E-state index in [0.717, 1.165) is 38.6 Å². The van der Waals surface area contributed by atoms with Crippen LogP contribution >= 0.6 is 0 Å². The topological polar surface area (TPSA) is 85.5 Å². The minimum Gasteiger partial charge on any atom is -0.488 e. The number of primary amides is 1. The lowest BCUT2D eigenvalue weighted by Crippen LogP contribution is -2.44. The van der Waals surface area contributed by atoms with E-state index in [1.165, 1.54) is 11.8 Å². The fourth-order valence-electron chi connectivity index (χ4n) is 3.48. The normalized spacial score (nSPS) is 16.6. The van der Waals surface area contributed by atoms with Gasteiger partial charge < -0.3 is 15.4 Å². The van der Waals surface area contributed by atoms with E-state index in [4.69, 9.17) is 10.5 Å². The molecule has 2 heterocycles. The van der Waals surface area contributed by atoms with Gasteiger partial charge in [0.25, 0.3) is 5.91 Å². The summed E-state index contributed by atoms with van der Waals surface area (Å²) in [5.74, 6) is 0.168. The van der Waals surface area contributed by atoms with Gasteiger partial charge >= 0.3 is 0 Å². The number of nitrogens with two attached hydrogens (primary N) is 1. The Morgan fingerprint density at radius 2 is 2.00 bits per heavy atom. The maximum Gasteiger partial charge on any atom is 0.267 e. The van der Waals surface area contributed by atoms with Gasteiger partial charge in [0, 0.05) is 25.2 Å². The Morgan fingerprint density at radius 1 is 1.18 bits per heavy atom. The molecule has 2 aromatic rings. The van der Waals surface area contributed by atoms with Crippen LogP contribution in [0.1, 0.15) is 48.2 Å². The SMILES string of the molecule is NC(=O)c1cc(OC2CCCN(C(=O)CCCCc3ccccc3)C2)ccn1. The molecule has 0 spiro atoms. The lowest BCUT2D eigenvalue weighted by molar-refractivity contribution is -0.133. The van der Waals surface area contributed by atoms with Crippen LogP contribution in [-0.4, -0.2) is 40.9 Å². The van der Waals surface area contributed by atoms with Gasteiger partial charge in [-0.2, -0.15) is 0 Å². The van der Waals surface area contributed by atoms with E-state index >= 15 is 0 Å². The molecule has 6 nitrogen and oxygen atoms in total. The molecular formula is C22H27N3O3. The van der Waals surface area contributed by atoms with Gasteiger partial charge in [0.1, 0.15) is 17.5 Å². The molecule has 1 atom stereocenters. The van der Waals surface area contributed by atoms with Crippen molar-refractivity contribution >= 4 is 11.8 Å². The number of unbranched alkanes of at least 4 members (excludes halogenated alkanes) is 1. The smallest absolute Gasteiger partial charge is 0.267 e. The van der Waals surface area contributed by atoms with E-state index in [9.17, 15) is 9.59 Å². The van der Waals surface area contributed by atoms with Crippen LogP contribution in [0.15, 0.2) is 48.7 Å². The first-order chi connectivity index (χ1) is 13.6. The van der Waals surface area contributed by atoms with E-state index in [2.05, 4.69) is 17.1 Å². The molecule has 2 amide bonds. The minimum absolute atomic E-state index is 0.0786. The summed E-state index contributed by atoms with van der Waals surface area (Å²) in [4.78, 5) is 29.6. The van der Waals surface area contributed by atoms with Crippen molar-refractivity contribution in [2.75, 3.05) is 13.1 Å². The number of rotatable bonds is 8. The largest absolute Gasteiger partial charge is 0.488 e. The van der Waals surface area contributed by atoms with Crippen LogP contribution < -0.4 is 10.5 Å². The highest BCUT2D eigenvalue weighted by Crippen LogP contribution is 2.20. The summed E-state index contributed by atoms with van der Waals surface area (Å²) in [6.45, 7) is 1.35. The molecule has 0 aliphatic carbocycles. The van der Waals surface area contributed by atoms with Gasteiger partial charge in [-0.05, 0) is 43.7 Å². The summed E-state index contributed by atoms with van der Waals surface area (Å²) < 4.78 is 5.97. The summed E-state index contributed by atoms with van der Waals surface area (Å²) in [5.41, 5.74) is 6.76. The number of ether oxygens (including phenoxy) is 1. The number of carbonyl (C=O) groups excluding carboxylic acids is 2. The first-order valence-electron chi connectivity index (χ1n) is 9.86. The quantitative estimate of drug-likeness (QED) is 0.713. The number of hydrogen-bond donors (Lipinski definition) is 1. The fraction of sp³-hybridized carbons (Fsp3) is 0.409. The van der Waals surface area contributed by atoms with Gasteiger partial charge in [0.05, 0.1) is 6.54 Å². The predicted octanol–water partition coefficient (Wildman–Crippen LogP) is 2.96. The van der Waals surface area contributed by atoms with E-state index in [1.807, 2.05) is 23.1 Å². The van der Waals surface area contributed by atoms with Crippen molar-refractivity contribution < 1.29 is 14.3 Å². The predicted molar refractivity (Wildman–Crippen MR) is 107 cm³/mol. The van der Waals surface area contributed by atoms with E-state index in [-0.39, 0.29) is 17.7 Å². The highest BCUT2D eigenvalue weighted by atomic mass is 16.5. The number of likely N-dealkylation sites (tertiary alicyclic amines) is 1. The Labute approximate surface area is 165 Å². The van der Waals surface area contributed by atoms with E-state index in [0.29, 0.717) is 18.7 Å². The van der Waals surface area contributed by atoms with Crippen molar-refractivity contribution in [1.29, 1.82) is 0 Å². The second kappa shape index (κ2) is 9.88. The van der Waals surface area contributed by atoms with Crippen LogP contribution in [-0.2, 0) is 11.2 Å². The minimum atomic E-state index is -0.582. The molecule has 1 aromatic carbocycles. The molecule has 0 radical (unpaired) electrons. The summed E-state index contributed by atoms with van der Waals surface area (Å²) in [5, 5.41) is 0. The molecule has 1 saturated heterocycles. The molecule has 1 fully saturated rings. The summed E-state index contributed by atoms with van der Waals surface area (Å²) in [7, 11) is 0. The lowest BCUT2D eigenvalue weighted by Gasteiger charge is -2.33. The molecule has 0 bridgehead atoms. The summed E-state index contributed by atoms with van der Waals surface area (Å²) in [6, 6.07) is 13.6. The lowest BCUT2D eigenvalue weighted by atomic mass is 10.0. The number of pyridine rings is 1. The van der Waals surface area contributed by atoms with Crippen molar-refractivity contribution in [2.24, 2.45) is 5.73 Å². The van der Waals surface area contributed by atoms with Crippen LogP contribution in [0.2, 0.25) is 0 Å². The molecule has 28 heavy (non-hydrogen) atoms. The monoisotopic (exact) mass is 381 g/mol. The number of aromatic nitrogens is 1. The van der Waals surface area contributed by atoms with Crippen LogP contribution in [0.5, 0.6) is 5.75 Å². The van der Waals surface area contributed by atoms with Crippen molar-refractivity contribution in [3.05, 3.63) is 59.9 Å². The first-order valence-corrected chi connectivity index (χ1v) is 9.86. The second-order valence-corrected chi connectivity index (χ2v) is 7.16. The van der Waals surface area contributed by atoms with Crippen molar-refractivity contribution in [1.82, 2.24) is 9.88 Å². The Bertz CT molecular complexity index is 795. The molecule has 6 heteroatoms. The number of amides is 2. The number of piperidine rings is 1. The van der Waals surface area contributed by atoms with Crippen LogP contribution in [0, 0.1) is 0 Å². The molecule has 1 aromatic heterocycles. The Morgan fingerprint density at radius 3 is 2.79 bits per heavy atom. The Kier molecular flexibility index (Phi) is 7.00. The number of nitrogens with zero attached hydrogens (tertiary/aromatic N) is 2. The maximum absolute atomic E-state index is 12.6. The van der Waals surface area contributed by atoms with E-state index < -0.39 is 5.91 Å². The second-order valence-electron chi connectivity index (χ2n) is 7.16. The van der Waals surface area contributed by atoms with Gasteiger partial charge in [0.2, 0.25) is 5.91 Å². The van der Waals surface area contributed by atoms with E-state index in [1.54, 1.807) is 12.1 Å². The molecule has 1 aliphatic rings. The van der Waals surface area contributed by atoms with Gasteiger partial charge in [0.15, 0.2) is 0 Å². The Hall–Kier alpha value is -2.89. The molecule has 148 valence electrons. The van der Waals surface area contributed by atoms with Gasteiger partial charge in [-0.15, -0.1) is 0 Å². The zero-order valence-electron chi connectivity index (χ0n) is 16.0. The van der Waals surface area contributed by atoms with Crippen molar-refractivity contribution in [3.63, 3.8) is 0 Å². The zero-order valence-corrected chi connectivity index (χ0v) is 16.0. The average Bonchev–Trinajstić information content (AvgIpc) is 2.72. The zero-order chi connectivity index (χ0) is 19.8. The summed E-state index contributed by atoms with van der Waals surface area (Å²) in [6.07, 6.45) is 6.70. The van der Waals surface area contributed by atoms with Gasteiger partial charge in [-0.25, -0.2) is 0 Å². The van der Waals surface area contributed by atoms with Crippen LogP contribution in [0.25, 0.3) is 0 Å². The molecule has 1 unspecified atom stereocenters. The van der Waals surface area contributed by atoms with Crippen LogP contribution in [0.4, 0.5) is 0 Å². The van der Waals surface area contributed by atoms with Gasteiger partial charge in [-0.3, -0.25) is 14.6 Å². The Balaban J connectivity index is 1.44. The number of hydrogen-bond acceptors (Lipinski definition) is 4. The fourth-order valence-corrected chi connectivity index (χ4v) is 3.48. The molecule has 2 N–H and O–H groups in total. The third-order valence-corrected chi connectivity index (χ3v) is 4.97. The highest BCUT2D eigenvalue weighted by Gasteiger charge is 2.24.